The molecule has 0 saturated carbocycles. The lowest BCUT2D eigenvalue weighted by atomic mass is 9.86. The van der Waals surface area contributed by atoms with E-state index in [0.29, 0.717) is 6.04 Å². The van der Waals surface area contributed by atoms with Crippen LogP contribution >= 0.6 is 0 Å². The summed E-state index contributed by atoms with van der Waals surface area (Å²) in [4.78, 5) is 2.65. The van der Waals surface area contributed by atoms with Crippen molar-refractivity contribution >= 4 is 5.69 Å². The Hall–Kier alpha value is -2.24. The molecule has 0 bridgehead atoms. The molecule has 2 aromatic carbocycles. The number of fused-ring (bicyclic) bond motifs is 1. The van der Waals surface area contributed by atoms with E-state index in [4.69, 9.17) is 5.73 Å². The predicted octanol–water partition coefficient (Wildman–Crippen LogP) is 4.64. The zero-order chi connectivity index (χ0) is 22.8. The molecule has 5 N–H and O–H groups in total. The van der Waals surface area contributed by atoms with Crippen molar-refractivity contribution in [3.63, 3.8) is 0 Å². The topological polar surface area (TPSA) is 81.8 Å². The molecule has 5 heteroatoms. The molecule has 0 saturated heterocycles. The number of rotatable bonds is 13. The monoisotopic (exact) mass is 439 g/mol. The molecule has 32 heavy (non-hydrogen) atoms. The minimum Gasteiger partial charge on any atom is -0.504 e. The van der Waals surface area contributed by atoms with Crippen LogP contribution in [0.5, 0.6) is 11.5 Å². The molecule has 5 nitrogen and oxygen atoms in total. The van der Waals surface area contributed by atoms with E-state index < -0.39 is 0 Å². The average molecular weight is 440 g/mol. The number of phenolic OH excluding ortho intramolecular Hbond substituents is 2. The second-order valence-corrected chi connectivity index (χ2v) is 9.16. The smallest absolute Gasteiger partial charge is 0.160 e. The Labute approximate surface area is 193 Å². The number of aromatic hydroxyl groups is 2. The van der Waals surface area contributed by atoms with Crippen molar-refractivity contribution in [3.8, 4) is 11.5 Å². The summed E-state index contributed by atoms with van der Waals surface area (Å²) in [6, 6.07) is 12.3. The highest BCUT2D eigenvalue weighted by Gasteiger charge is 2.26. The van der Waals surface area contributed by atoms with Crippen molar-refractivity contribution in [2.45, 2.75) is 70.8 Å². The third kappa shape index (κ3) is 7.14. The zero-order valence-corrected chi connectivity index (χ0v) is 19.7. The largest absolute Gasteiger partial charge is 0.504 e. The van der Waals surface area contributed by atoms with Gasteiger partial charge in [0, 0.05) is 17.3 Å². The van der Waals surface area contributed by atoms with Crippen molar-refractivity contribution in [3.05, 3.63) is 53.1 Å². The normalized spacial score (nSPS) is 15.8. The van der Waals surface area contributed by atoms with E-state index in [9.17, 15) is 10.2 Å². The maximum absolute atomic E-state index is 10.1. The molecule has 0 aromatic heterocycles. The molecule has 1 aliphatic carbocycles. The number of nitrogens with two attached hydrogens (primary N) is 1. The molecule has 176 valence electrons. The van der Waals surface area contributed by atoms with Gasteiger partial charge in [-0.3, -0.25) is 0 Å². The first-order valence-electron chi connectivity index (χ1n) is 12.4. The quantitative estimate of drug-likeness (QED) is 0.208. The minimum atomic E-state index is 0.00681. The number of hydrogen-bond donors (Lipinski definition) is 4. The number of nitrogens with one attached hydrogen (secondary N) is 1. The molecule has 0 radical (unpaired) electrons. The summed E-state index contributed by atoms with van der Waals surface area (Å²) in [6.07, 6.45) is 10.1. The van der Waals surface area contributed by atoms with Gasteiger partial charge in [-0.1, -0.05) is 38.0 Å². The van der Waals surface area contributed by atoms with Crippen LogP contribution in [-0.4, -0.2) is 47.3 Å². The van der Waals surface area contributed by atoms with E-state index >= 15 is 0 Å². The van der Waals surface area contributed by atoms with E-state index in [-0.39, 0.29) is 11.5 Å². The van der Waals surface area contributed by atoms with Gasteiger partial charge in [-0.2, -0.15) is 0 Å². The fourth-order valence-corrected chi connectivity index (χ4v) is 4.84. The average Bonchev–Trinajstić information content (AvgIpc) is 2.80. The second-order valence-electron chi connectivity index (χ2n) is 9.16. The zero-order valence-electron chi connectivity index (χ0n) is 19.7. The maximum Gasteiger partial charge on any atom is 0.160 e. The van der Waals surface area contributed by atoms with Crippen LogP contribution in [0.4, 0.5) is 5.69 Å². The number of benzene rings is 2. The van der Waals surface area contributed by atoms with Crippen molar-refractivity contribution < 1.29 is 10.2 Å². The number of nitrogens with zero attached hydrogens (tertiary/aromatic N) is 1. The van der Waals surface area contributed by atoms with Crippen LogP contribution in [0, 0.1) is 0 Å². The van der Waals surface area contributed by atoms with Crippen LogP contribution in [0.3, 0.4) is 0 Å². The van der Waals surface area contributed by atoms with Gasteiger partial charge in [0.15, 0.2) is 11.5 Å². The van der Waals surface area contributed by atoms with E-state index in [1.54, 1.807) is 6.07 Å². The van der Waals surface area contributed by atoms with Gasteiger partial charge in [0.1, 0.15) is 0 Å². The summed E-state index contributed by atoms with van der Waals surface area (Å²) >= 11 is 0. The van der Waals surface area contributed by atoms with E-state index in [2.05, 4.69) is 29.3 Å². The molecule has 1 atom stereocenters. The number of unbranched alkanes of at least 4 members (excludes halogenated alkanes) is 3. The van der Waals surface area contributed by atoms with Gasteiger partial charge in [0.2, 0.25) is 0 Å². The van der Waals surface area contributed by atoms with Gasteiger partial charge in [0.25, 0.3) is 0 Å². The Bertz CT molecular complexity index is 822. The summed E-state index contributed by atoms with van der Waals surface area (Å²) in [7, 11) is 0. The van der Waals surface area contributed by atoms with Gasteiger partial charge in [-0.25, -0.2) is 0 Å². The second kappa shape index (κ2) is 12.7. The predicted molar refractivity (Wildman–Crippen MR) is 133 cm³/mol. The van der Waals surface area contributed by atoms with Gasteiger partial charge < -0.3 is 26.2 Å². The van der Waals surface area contributed by atoms with Crippen molar-refractivity contribution in [1.82, 2.24) is 10.2 Å². The summed E-state index contributed by atoms with van der Waals surface area (Å²) in [5, 5.41) is 23.5. The Morgan fingerprint density at radius 3 is 2.53 bits per heavy atom. The number of phenols is 2. The highest BCUT2D eigenvalue weighted by molar-refractivity contribution is 5.50. The molecule has 3 rings (SSSR count). The Kier molecular flexibility index (Phi) is 9.69. The van der Waals surface area contributed by atoms with Crippen LogP contribution in [0.15, 0.2) is 36.4 Å². The van der Waals surface area contributed by atoms with Crippen LogP contribution < -0.4 is 11.1 Å². The van der Waals surface area contributed by atoms with Crippen molar-refractivity contribution in [1.29, 1.82) is 0 Å². The Balaban J connectivity index is 1.30. The molecule has 0 amide bonds. The number of hydrogen-bond acceptors (Lipinski definition) is 5. The summed E-state index contributed by atoms with van der Waals surface area (Å²) in [5.41, 5.74) is 10.0. The number of nitrogen functional groups attached to an aromatic ring is 1. The lowest BCUT2D eigenvalue weighted by Gasteiger charge is -2.35. The van der Waals surface area contributed by atoms with Gasteiger partial charge in [-0.15, -0.1) is 0 Å². The molecular formula is C27H41N3O2. The molecule has 0 fully saturated rings. The first-order chi connectivity index (χ1) is 15.6. The molecule has 0 aliphatic heterocycles. The standard InChI is InChI=1S/C27H41N3O2/c1-2-18-30(24-12-13-25-22(20-24)9-14-26(31)27(25)32)19-6-4-3-5-16-29-17-15-21-7-10-23(28)11-8-21/h7-11,14,24,29,31-32H,2-6,12-13,15-20,28H2,1H3. The Morgan fingerprint density at radius 2 is 1.75 bits per heavy atom. The van der Waals surface area contributed by atoms with Gasteiger partial charge in [-0.05, 0) is 100 Å². The molecule has 2 aromatic rings. The first kappa shape index (κ1) is 24.4. The highest BCUT2D eigenvalue weighted by Crippen LogP contribution is 2.36. The SMILES string of the molecule is CCCN(CCCCCCNCCc1ccc(N)cc1)C1CCc2c(ccc(O)c2O)C1. The lowest BCUT2D eigenvalue weighted by Crippen LogP contribution is -2.40. The molecule has 1 aliphatic rings. The minimum absolute atomic E-state index is 0.00681. The van der Waals surface area contributed by atoms with E-state index in [1.165, 1.54) is 43.2 Å². The lowest BCUT2D eigenvalue weighted by molar-refractivity contribution is 0.175. The van der Waals surface area contributed by atoms with E-state index in [1.807, 2.05) is 18.2 Å². The van der Waals surface area contributed by atoms with Crippen LogP contribution in [0.25, 0.3) is 0 Å². The van der Waals surface area contributed by atoms with Crippen molar-refractivity contribution in [2.24, 2.45) is 0 Å². The van der Waals surface area contributed by atoms with E-state index in [0.717, 1.165) is 63.1 Å². The fourth-order valence-electron chi connectivity index (χ4n) is 4.84. The maximum atomic E-state index is 10.1. The highest BCUT2D eigenvalue weighted by atomic mass is 16.3. The van der Waals surface area contributed by atoms with Crippen LogP contribution in [-0.2, 0) is 19.3 Å². The molecule has 0 heterocycles. The molecular weight excluding hydrogens is 398 g/mol. The summed E-state index contributed by atoms with van der Waals surface area (Å²) in [5.74, 6) is 0.0948. The number of anilines is 1. The summed E-state index contributed by atoms with van der Waals surface area (Å²) < 4.78 is 0. The Morgan fingerprint density at radius 1 is 0.969 bits per heavy atom. The third-order valence-corrected chi connectivity index (χ3v) is 6.69. The first-order valence-corrected chi connectivity index (χ1v) is 12.4. The summed E-state index contributed by atoms with van der Waals surface area (Å²) in [6.45, 7) is 6.65. The van der Waals surface area contributed by atoms with Gasteiger partial charge in [0.05, 0.1) is 0 Å². The molecule has 0 spiro atoms. The fraction of sp³-hybridized carbons (Fsp3) is 0.556. The molecule has 1 unspecified atom stereocenters. The van der Waals surface area contributed by atoms with Crippen LogP contribution in [0.1, 0.15) is 62.1 Å². The third-order valence-electron chi connectivity index (χ3n) is 6.69. The van der Waals surface area contributed by atoms with Gasteiger partial charge >= 0.3 is 0 Å². The van der Waals surface area contributed by atoms with Crippen LogP contribution in [0.2, 0.25) is 0 Å². The van der Waals surface area contributed by atoms with Crippen molar-refractivity contribution in [2.75, 3.05) is 31.9 Å².